The van der Waals surface area contributed by atoms with Gasteiger partial charge in [-0.2, -0.15) is 0 Å². The number of carbonyl (C=O) groups excluding carboxylic acids is 1. The first-order chi connectivity index (χ1) is 12.8. The summed E-state index contributed by atoms with van der Waals surface area (Å²) in [5, 5.41) is 3.45. The predicted octanol–water partition coefficient (Wildman–Crippen LogP) is 3.26. The molecule has 1 saturated heterocycles. The third kappa shape index (κ3) is 3.68. The number of carbonyl (C=O) groups is 1. The molecule has 1 amide bonds. The number of amides is 1. The smallest absolute Gasteiger partial charge is 0.244 e. The third-order valence-electron chi connectivity index (χ3n) is 4.99. The van der Waals surface area contributed by atoms with Crippen LogP contribution in [0.1, 0.15) is 36.4 Å². The van der Waals surface area contributed by atoms with E-state index in [0.29, 0.717) is 6.54 Å². The van der Waals surface area contributed by atoms with E-state index in [9.17, 15) is 4.79 Å². The van der Waals surface area contributed by atoms with Gasteiger partial charge in [0.2, 0.25) is 12.7 Å². The molecule has 0 bridgehead atoms. The van der Waals surface area contributed by atoms with Crippen molar-refractivity contribution in [1.29, 1.82) is 0 Å². The number of nitrogens with one attached hydrogen (secondary N) is 1. The number of benzene rings is 2. The van der Waals surface area contributed by atoms with E-state index in [-0.39, 0.29) is 18.7 Å². The first kappa shape index (κ1) is 16.9. The lowest BCUT2D eigenvalue weighted by Crippen LogP contribution is -2.43. The second kappa shape index (κ2) is 7.79. The fourth-order valence-corrected chi connectivity index (χ4v) is 3.56. The fourth-order valence-electron chi connectivity index (χ4n) is 3.56. The van der Waals surface area contributed by atoms with Crippen LogP contribution in [0.2, 0.25) is 0 Å². The van der Waals surface area contributed by atoms with Crippen molar-refractivity contribution in [2.75, 3.05) is 19.9 Å². The summed E-state index contributed by atoms with van der Waals surface area (Å²) in [6, 6.07) is 15.5. The summed E-state index contributed by atoms with van der Waals surface area (Å²) in [5.41, 5.74) is 2.07. The summed E-state index contributed by atoms with van der Waals surface area (Å²) in [6.07, 6.45) is 3.40. The molecule has 1 atom stereocenters. The molecule has 0 aliphatic carbocycles. The van der Waals surface area contributed by atoms with Crippen LogP contribution in [0, 0.1) is 0 Å². The quantitative estimate of drug-likeness (QED) is 0.897. The Morgan fingerprint density at radius 1 is 1.00 bits per heavy atom. The van der Waals surface area contributed by atoms with Crippen molar-refractivity contribution in [3.05, 3.63) is 59.7 Å². The topological polar surface area (TPSA) is 50.8 Å². The molecule has 2 heterocycles. The van der Waals surface area contributed by atoms with Gasteiger partial charge in [0.15, 0.2) is 11.5 Å². The van der Waals surface area contributed by atoms with E-state index >= 15 is 0 Å². The molecule has 136 valence electrons. The number of nitrogens with zero attached hydrogens (tertiary/aromatic N) is 1. The average molecular weight is 352 g/mol. The van der Waals surface area contributed by atoms with E-state index in [2.05, 4.69) is 5.32 Å². The Bertz CT molecular complexity index is 757. The summed E-state index contributed by atoms with van der Waals surface area (Å²) >= 11 is 0. The lowest BCUT2D eigenvalue weighted by Gasteiger charge is -2.31. The van der Waals surface area contributed by atoms with Gasteiger partial charge in [-0.3, -0.25) is 10.1 Å². The minimum Gasteiger partial charge on any atom is -0.454 e. The average Bonchev–Trinajstić information content (AvgIpc) is 3.17. The van der Waals surface area contributed by atoms with Gasteiger partial charge in [0.05, 0.1) is 0 Å². The van der Waals surface area contributed by atoms with Crippen LogP contribution in [0.25, 0.3) is 0 Å². The van der Waals surface area contributed by atoms with Crippen LogP contribution in [0.5, 0.6) is 11.5 Å². The molecule has 2 aliphatic heterocycles. The summed E-state index contributed by atoms with van der Waals surface area (Å²) < 4.78 is 10.8. The first-order valence-corrected chi connectivity index (χ1v) is 9.27. The zero-order chi connectivity index (χ0) is 17.8. The van der Waals surface area contributed by atoms with Gasteiger partial charge in [-0.15, -0.1) is 0 Å². The van der Waals surface area contributed by atoms with E-state index in [0.717, 1.165) is 48.6 Å². The second-order valence-electron chi connectivity index (χ2n) is 6.80. The third-order valence-corrected chi connectivity index (χ3v) is 4.99. The van der Waals surface area contributed by atoms with Crippen molar-refractivity contribution in [2.45, 2.75) is 31.8 Å². The Morgan fingerprint density at radius 3 is 2.58 bits per heavy atom. The Kier molecular flexibility index (Phi) is 5.07. The monoisotopic (exact) mass is 352 g/mol. The maximum absolute atomic E-state index is 13.1. The second-order valence-corrected chi connectivity index (χ2v) is 6.80. The lowest BCUT2D eigenvalue weighted by molar-refractivity contribution is -0.134. The van der Waals surface area contributed by atoms with Crippen molar-refractivity contribution in [1.82, 2.24) is 10.2 Å². The number of hydrogen-bond acceptors (Lipinski definition) is 4. The highest BCUT2D eigenvalue weighted by Crippen LogP contribution is 2.32. The molecular formula is C21H24N2O3. The van der Waals surface area contributed by atoms with E-state index in [1.54, 1.807) is 0 Å². The minimum atomic E-state index is -0.334. The fraction of sp³-hybridized carbons (Fsp3) is 0.381. The number of hydrogen-bond donors (Lipinski definition) is 1. The van der Waals surface area contributed by atoms with Crippen LogP contribution in [0.3, 0.4) is 0 Å². The summed E-state index contributed by atoms with van der Waals surface area (Å²) in [6.45, 7) is 2.57. The zero-order valence-corrected chi connectivity index (χ0v) is 14.8. The highest BCUT2D eigenvalue weighted by atomic mass is 16.7. The minimum absolute atomic E-state index is 0.164. The maximum Gasteiger partial charge on any atom is 0.244 e. The largest absolute Gasteiger partial charge is 0.454 e. The summed E-state index contributed by atoms with van der Waals surface area (Å²) in [7, 11) is 0. The van der Waals surface area contributed by atoms with Gasteiger partial charge < -0.3 is 14.4 Å². The Labute approximate surface area is 153 Å². The van der Waals surface area contributed by atoms with Crippen LogP contribution in [-0.4, -0.2) is 30.7 Å². The first-order valence-electron chi connectivity index (χ1n) is 9.27. The molecule has 5 heteroatoms. The highest BCUT2D eigenvalue weighted by molar-refractivity contribution is 5.83. The van der Waals surface area contributed by atoms with Crippen molar-refractivity contribution >= 4 is 5.91 Å². The number of fused-ring (bicyclic) bond motifs is 1. The van der Waals surface area contributed by atoms with Crippen LogP contribution in [0.15, 0.2) is 48.5 Å². The normalized spacial score (nSPS) is 17.2. The molecule has 1 fully saturated rings. The number of piperidine rings is 1. The molecule has 2 aromatic rings. The van der Waals surface area contributed by atoms with Gasteiger partial charge >= 0.3 is 0 Å². The van der Waals surface area contributed by atoms with Gasteiger partial charge in [0.25, 0.3) is 0 Å². The summed E-state index contributed by atoms with van der Waals surface area (Å²) in [5.74, 6) is 1.71. The predicted molar refractivity (Wildman–Crippen MR) is 99.0 cm³/mol. The Hall–Kier alpha value is -2.53. The van der Waals surface area contributed by atoms with Gasteiger partial charge in [-0.25, -0.2) is 0 Å². The van der Waals surface area contributed by atoms with Crippen molar-refractivity contribution in [3.8, 4) is 11.5 Å². The van der Waals surface area contributed by atoms with Crippen molar-refractivity contribution in [3.63, 3.8) is 0 Å². The molecule has 0 spiro atoms. The van der Waals surface area contributed by atoms with Crippen LogP contribution in [0.4, 0.5) is 0 Å². The van der Waals surface area contributed by atoms with Crippen LogP contribution >= 0.6 is 0 Å². The van der Waals surface area contributed by atoms with Gasteiger partial charge in [-0.1, -0.05) is 36.4 Å². The van der Waals surface area contributed by atoms with E-state index in [1.807, 2.05) is 53.4 Å². The molecule has 0 saturated carbocycles. The van der Waals surface area contributed by atoms with Crippen LogP contribution < -0.4 is 14.8 Å². The molecule has 1 N–H and O–H groups in total. The van der Waals surface area contributed by atoms with E-state index < -0.39 is 0 Å². The molecule has 0 unspecified atom stereocenters. The number of rotatable bonds is 5. The molecule has 2 aliphatic rings. The van der Waals surface area contributed by atoms with Crippen molar-refractivity contribution < 1.29 is 14.3 Å². The highest BCUT2D eigenvalue weighted by Gasteiger charge is 2.26. The lowest BCUT2D eigenvalue weighted by atomic mass is 10.0. The SMILES string of the molecule is O=C([C@@H](NCc1ccc2c(c1)OCO2)c1ccccc1)N1CCCCC1. The molecule has 5 nitrogen and oxygen atoms in total. The van der Waals surface area contributed by atoms with E-state index in [1.165, 1.54) is 6.42 Å². The standard InChI is InChI=1S/C21H24N2O3/c24-21(23-11-5-2-6-12-23)20(17-7-3-1-4-8-17)22-14-16-9-10-18-19(13-16)26-15-25-18/h1,3-4,7-10,13,20,22H,2,5-6,11-12,14-15H2/t20-/m0/s1. The molecule has 0 aromatic heterocycles. The van der Waals surface area contributed by atoms with Crippen LogP contribution in [-0.2, 0) is 11.3 Å². The molecular weight excluding hydrogens is 328 g/mol. The molecule has 4 rings (SSSR count). The van der Waals surface area contributed by atoms with E-state index in [4.69, 9.17) is 9.47 Å². The van der Waals surface area contributed by atoms with Crippen molar-refractivity contribution in [2.24, 2.45) is 0 Å². The van der Waals surface area contributed by atoms with Gasteiger partial charge in [0, 0.05) is 19.6 Å². The Balaban J connectivity index is 1.50. The number of likely N-dealkylation sites (tertiary alicyclic amines) is 1. The molecule has 26 heavy (non-hydrogen) atoms. The Morgan fingerprint density at radius 2 is 1.77 bits per heavy atom. The summed E-state index contributed by atoms with van der Waals surface area (Å²) in [4.78, 5) is 15.1. The molecule has 2 aromatic carbocycles. The number of ether oxygens (including phenoxy) is 2. The van der Waals surface area contributed by atoms with Gasteiger partial charge in [0.1, 0.15) is 6.04 Å². The van der Waals surface area contributed by atoms with Gasteiger partial charge in [-0.05, 0) is 42.5 Å². The zero-order valence-electron chi connectivity index (χ0n) is 14.8. The molecule has 0 radical (unpaired) electrons. The maximum atomic E-state index is 13.1.